The van der Waals surface area contributed by atoms with Crippen LogP contribution in [0.15, 0.2) is 6.07 Å². The smallest absolute Gasteiger partial charge is 0.0184 e. The van der Waals surface area contributed by atoms with Gasteiger partial charge in [0.1, 0.15) is 0 Å². The van der Waals surface area contributed by atoms with Crippen molar-refractivity contribution in [3.05, 3.63) is 23.0 Å². The Morgan fingerprint density at radius 3 is 3.08 bits per heavy atom. The summed E-state index contributed by atoms with van der Waals surface area (Å²) in [6.07, 6.45) is 5.13. The average molecular weight is 163 g/mol. The number of hydrogen-bond acceptors (Lipinski definition) is 0. The Hall–Kier alpha value is -0.720. The number of rotatable bonds is 1. The predicted octanol–water partition coefficient (Wildman–Crippen LogP) is 3.02. The third-order valence-electron chi connectivity index (χ3n) is 2.97. The summed E-state index contributed by atoms with van der Waals surface area (Å²) in [6, 6.07) is 2.36. The van der Waals surface area contributed by atoms with Crippen LogP contribution in [0.1, 0.15) is 49.6 Å². The normalized spacial score (nSPS) is 22.3. The Balaban J connectivity index is 2.37. The average Bonchev–Trinajstić information content (AvgIpc) is 2.49. The van der Waals surface area contributed by atoms with Crippen molar-refractivity contribution in [1.82, 2.24) is 4.98 Å². The molecule has 0 fully saturated rings. The minimum atomic E-state index is 0.783. The zero-order valence-electron chi connectivity index (χ0n) is 7.98. The summed E-state index contributed by atoms with van der Waals surface area (Å²) in [5.74, 6) is 0.783. The van der Waals surface area contributed by atoms with Crippen molar-refractivity contribution in [3.8, 4) is 0 Å². The Kier molecular flexibility index (Phi) is 1.95. The summed E-state index contributed by atoms with van der Waals surface area (Å²) in [5.41, 5.74) is 4.50. The molecule has 1 unspecified atom stereocenters. The second-order valence-electron chi connectivity index (χ2n) is 3.88. The van der Waals surface area contributed by atoms with Crippen molar-refractivity contribution < 1.29 is 0 Å². The third kappa shape index (κ3) is 1.17. The first-order chi connectivity index (χ1) is 5.81. The molecule has 0 radical (unpaired) electrons. The first kappa shape index (κ1) is 7.90. The van der Waals surface area contributed by atoms with E-state index < -0.39 is 0 Å². The molecule has 0 spiro atoms. The fourth-order valence-electron chi connectivity index (χ4n) is 2.15. The molecule has 0 amide bonds. The topological polar surface area (TPSA) is 15.8 Å². The summed E-state index contributed by atoms with van der Waals surface area (Å²) in [5, 5.41) is 0. The zero-order chi connectivity index (χ0) is 8.55. The van der Waals surface area contributed by atoms with Crippen LogP contribution in [0, 0.1) is 0 Å². The molecule has 0 aliphatic heterocycles. The summed E-state index contributed by atoms with van der Waals surface area (Å²) in [4.78, 5) is 3.51. The Labute approximate surface area is 74.2 Å². The molecule has 1 heteroatoms. The highest BCUT2D eigenvalue weighted by Gasteiger charge is 2.17. The summed E-state index contributed by atoms with van der Waals surface area (Å²) in [7, 11) is 0. The summed E-state index contributed by atoms with van der Waals surface area (Å²) < 4.78 is 0. The van der Waals surface area contributed by atoms with Gasteiger partial charge < -0.3 is 4.98 Å². The Bertz CT molecular complexity index is 273. The number of aromatic nitrogens is 1. The van der Waals surface area contributed by atoms with Gasteiger partial charge in [-0.2, -0.15) is 0 Å². The Morgan fingerprint density at radius 2 is 2.42 bits per heavy atom. The molecule has 12 heavy (non-hydrogen) atoms. The van der Waals surface area contributed by atoms with Crippen molar-refractivity contribution in [2.45, 2.75) is 45.4 Å². The van der Waals surface area contributed by atoms with E-state index in [2.05, 4.69) is 24.9 Å². The molecule has 1 aromatic heterocycles. The molecule has 0 saturated carbocycles. The van der Waals surface area contributed by atoms with Crippen molar-refractivity contribution in [1.29, 1.82) is 0 Å². The van der Waals surface area contributed by atoms with Crippen molar-refractivity contribution in [2.75, 3.05) is 0 Å². The first-order valence-electron chi connectivity index (χ1n) is 5.02. The highest BCUT2D eigenvalue weighted by Crippen LogP contribution is 2.31. The highest BCUT2D eigenvalue weighted by atomic mass is 14.7. The van der Waals surface area contributed by atoms with E-state index in [1.165, 1.54) is 30.7 Å². The van der Waals surface area contributed by atoms with Crippen LogP contribution >= 0.6 is 0 Å². The fourth-order valence-corrected chi connectivity index (χ4v) is 2.15. The van der Waals surface area contributed by atoms with Gasteiger partial charge in [0.25, 0.3) is 0 Å². The maximum Gasteiger partial charge on any atom is 0.0184 e. The molecule has 0 saturated heterocycles. The van der Waals surface area contributed by atoms with E-state index in [4.69, 9.17) is 0 Å². The maximum absolute atomic E-state index is 3.51. The number of H-pyrrole nitrogens is 1. The molecule has 0 bridgehead atoms. The van der Waals surface area contributed by atoms with E-state index in [1.807, 2.05) is 0 Å². The van der Waals surface area contributed by atoms with Crippen LogP contribution in [-0.2, 0) is 12.8 Å². The molecule has 1 aliphatic rings. The minimum Gasteiger partial charge on any atom is -0.362 e. The van der Waals surface area contributed by atoms with Gasteiger partial charge in [0.15, 0.2) is 0 Å². The van der Waals surface area contributed by atoms with Crippen LogP contribution in [-0.4, -0.2) is 4.98 Å². The van der Waals surface area contributed by atoms with Crippen molar-refractivity contribution in [2.24, 2.45) is 0 Å². The number of hydrogen-bond donors (Lipinski definition) is 1. The molecule has 1 atom stereocenters. The monoisotopic (exact) mass is 163 g/mol. The maximum atomic E-state index is 3.51. The highest BCUT2D eigenvalue weighted by molar-refractivity contribution is 5.31. The molecule has 1 heterocycles. The van der Waals surface area contributed by atoms with E-state index in [1.54, 1.807) is 5.56 Å². The lowest BCUT2D eigenvalue weighted by Gasteiger charge is -2.17. The minimum absolute atomic E-state index is 0.783. The molecule has 2 rings (SSSR count). The van der Waals surface area contributed by atoms with Gasteiger partial charge in [-0.25, -0.2) is 0 Å². The van der Waals surface area contributed by atoms with E-state index >= 15 is 0 Å². The second-order valence-corrected chi connectivity index (χ2v) is 3.88. The van der Waals surface area contributed by atoms with Gasteiger partial charge in [-0.15, -0.1) is 0 Å². The third-order valence-corrected chi connectivity index (χ3v) is 2.97. The summed E-state index contributed by atoms with van der Waals surface area (Å²) in [6.45, 7) is 4.55. The van der Waals surface area contributed by atoms with Crippen molar-refractivity contribution in [3.63, 3.8) is 0 Å². The number of fused-ring (bicyclic) bond motifs is 1. The number of aryl methyl sites for hydroxylation is 2. The largest absolute Gasteiger partial charge is 0.362 e. The molecule has 66 valence electrons. The van der Waals surface area contributed by atoms with Gasteiger partial charge >= 0.3 is 0 Å². The standard InChI is InChI=1S/C11H17N/c1-3-9-7-10-8(2)5-4-6-11(10)12-9/h7-8,12H,3-6H2,1-2H3. The zero-order valence-corrected chi connectivity index (χ0v) is 7.98. The van der Waals surface area contributed by atoms with Crippen LogP contribution in [0.3, 0.4) is 0 Å². The van der Waals surface area contributed by atoms with Crippen LogP contribution < -0.4 is 0 Å². The van der Waals surface area contributed by atoms with Gasteiger partial charge in [0.2, 0.25) is 0 Å². The van der Waals surface area contributed by atoms with E-state index in [0.29, 0.717) is 0 Å². The fraction of sp³-hybridized carbons (Fsp3) is 0.636. The SMILES string of the molecule is CCc1cc2c([nH]1)CCCC2C. The van der Waals surface area contributed by atoms with Crippen LogP contribution in [0.2, 0.25) is 0 Å². The molecule has 1 nitrogen and oxygen atoms in total. The van der Waals surface area contributed by atoms with Gasteiger partial charge in [-0.1, -0.05) is 13.8 Å². The van der Waals surface area contributed by atoms with Gasteiger partial charge in [0.05, 0.1) is 0 Å². The molecular weight excluding hydrogens is 146 g/mol. The molecule has 1 aliphatic carbocycles. The molecule has 0 aromatic carbocycles. The lowest BCUT2D eigenvalue weighted by atomic mass is 9.88. The number of nitrogens with one attached hydrogen (secondary N) is 1. The number of aromatic amines is 1. The van der Waals surface area contributed by atoms with Crippen molar-refractivity contribution >= 4 is 0 Å². The molecule has 1 N–H and O–H groups in total. The van der Waals surface area contributed by atoms with Gasteiger partial charge in [0, 0.05) is 11.4 Å². The van der Waals surface area contributed by atoms with E-state index in [9.17, 15) is 0 Å². The Morgan fingerprint density at radius 1 is 1.58 bits per heavy atom. The summed E-state index contributed by atoms with van der Waals surface area (Å²) >= 11 is 0. The molecular formula is C11H17N. The van der Waals surface area contributed by atoms with Crippen LogP contribution in [0.5, 0.6) is 0 Å². The van der Waals surface area contributed by atoms with Gasteiger partial charge in [-0.05, 0) is 43.2 Å². The van der Waals surface area contributed by atoms with E-state index in [0.717, 1.165) is 12.3 Å². The van der Waals surface area contributed by atoms with Gasteiger partial charge in [-0.3, -0.25) is 0 Å². The molecule has 1 aromatic rings. The second kappa shape index (κ2) is 2.96. The first-order valence-corrected chi connectivity index (χ1v) is 5.02. The quantitative estimate of drug-likeness (QED) is 0.655. The van der Waals surface area contributed by atoms with E-state index in [-0.39, 0.29) is 0 Å². The lowest BCUT2D eigenvalue weighted by Crippen LogP contribution is -2.04. The van der Waals surface area contributed by atoms with Crippen LogP contribution in [0.25, 0.3) is 0 Å². The van der Waals surface area contributed by atoms with Crippen LogP contribution in [0.4, 0.5) is 0 Å². The lowest BCUT2D eigenvalue weighted by molar-refractivity contribution is 0.586. The predicted molar refractivity (Wildman–Crippen MR) is 51.5 cm³/mol.